The number of carbonyl (C=O) groups is 1. The van der Waals surface area contributed by atoms with Crippen molar-refractivity contribution in [3.8, 4) is 11.5 Å². The van der Waals surface area contributed by atoms with E-state index < -0.39 is 0 Å². The van der Waals surface area contributed by atoms with Crippen LogP contribution in [-0.2, 0) is 4.74 Å². The van der Waals surface area contributed by atoms with Crippen molar-refractivity contribution in [1.82, 2.24) is 5.32 Å². The number of Topliss-reactive ketones (excluding diaryl/α,β-unsaturated/α-hetero) is 1. The molecule has 0 saturated carbocycles. The number of hydrogen-bond acceptors (Lipinski definition) is 5. The van der Waals surface area contributed by atoms with Gasteiger partial charge < -0.3 is 19.5 Å². The molecule has 0 radical (unpaired) electrons. The number of benzene rings is 1. The van der Waals surface area contributed by atoms with Gasteiger partial charge in [-0.05, 0) is 38.0 Å². The highest BCUT2D eigenvalue weighted by molar-refractivity contribution is 6.00. The summed E-state index contributed by atoms with van der Waals surface area (Å²) in [6.07, 6.45) is 2.39. The molecule has 1 fully saturated rings. The van der Waals surface area contributed by atoms with Crippen LogP contribution < -0.4 is 14.8 Å². The van der Waals surface area contributed by atoms with E-state index >= 15 is 0 Å². The van der Waals surface area contributed by atoms with Crippen LogP contribution in [0, 0.1) is 0 Å². The summed E-state index contributed by atoms with van der Waals surface area (Å²) in [5.41, 5.74) is 0.611. The van der Waals surface area contributed by atoms with Gasteiger partial charge in [-0.2, -0.15) is 0 Å². The lowest BCUT2D eigenvalue weighted by atomic mass is 10.0. The number of nitrogens with one attached hydrogen (secondary N) is 1. The summed E-state index contributed by atoms with van der Waals surface area (Å²) >= 11 is 0. The van der Waals surface area contributed by atoms with Crippen LogP contribution >= 0.6 is 0 Å². The van der Waals surface area contributed by atoms with Gasteiger partial charge in [-0.1, -0.05) is 0 Å². The molecule has 1 saturated heterocycles. The van der Waals surface area contributed by atoms with Crippen LogP contribution in [0.5, 0.6) is 11.5 Å². The second kappa shape index (κ2) is 7.43. The smallest absolute Gasteiger partial charge is 0.179 e. The van der Waals surface area contributed by atoms with E-state index in [1.54, 1.807) is 32.4 Å². The molecule has 0 spiro atoms. The van der Waals surface area contributed by atoms with E-state index in [0.717, 1.165) is 19.4 Å². The molecule has 1 heterocycles. The minimum absolute atomic E-state index is 0.0361. The lowest BCUT2D eigenvalue weighted by Crippen LogP contribution is -2.38. The SMILES string of the molecule is COc1ccc(C(=O)C(C)NCC2CCCO2)cc1OC. The van der Waals surface area contributed by atoms with Crippen molar-refractivity contribution in [2.24, 2.45) is 0 Å². The molecule has 5 nitrogen and oxygen atoms in total. The van der Waals surface area contributed by atoms with Crippen LogP contribution in [0.4, 0.5) is 0 Å². The van der Waals surface area contributed by atoms with Gasteiger partial charge in [0.25, 0.3) is 0 Å². The van der Waals surface area contributed by atoms with Crippen LogP contribution in [0.15, 0.2) is 18.2 Å². The van der Waals surface area contributed by atoms with Crippen LogP contribution in [0.25, 0.3) is 0 Å². The summed E-state index contributed by atoms with van der Waals surface area (Å²) in [6.45, 7) is 3.40. The summed E-state index contributed by atoms with van der Waals surface area (Å²) in [6, 6.07) is 4.96. The van der Waals surface area contributed by atoms with Crippen LogP contribution in [-0.4, -0.2) is 45.3 Å². The predicted molar refractivity (Wildman–Crippen MR) is 80.3 cm³/mol. The Balaban J connectivity index is 1.97. The quantitative estimate of drug-likeness (QED) is 0.780. The Morgan fingerprint density at radius 3 is 2.76 bits per heavy atom. The van der Waals surface area contributed by atoms with Crippen LogP contribution in [0.3, 0.4) is 0 Å². The van der Waals surface area contributed by atoms with E-state index in [2.05, 4.69) is 5.32 Å². The Kier molecular flexibility index (Phi) is 5.59. The van der Waals surface area contributed by atoms with Crippen LogP contribution in [0.1, 0.15) is 30.1 Å². The molecule has 116 valence electrons. The third-order valence-corrected chi connectivity index (χ3v) is 3.74. The highest BCUT2D eigenvalue weighted by Crippen LogP contribution is 2.28. The fourth-order valence-electron chi connectivity index (χ4n) is 2.45. The Morgan fingerprint density at radius 2 is 2.14 bits per heavy atom. The Hall–Kier alpha value is -1.59. The van der Waals surface area contributed by atoms with Crippen molar-refractivity contribution in [3.05, 3.63) is 23.8 Å². The molecule has 1 aromatic carbocycles. The van der Waals surface area contributed by atoms with Crippen molar-refractivity contribution < 1.29 is 19.0 Å². The highest BCUT2D eigenvalue weighted by Gasteiger charge is 2.20. The lowest BCUT2D eigenvalue weighted by molar-refractivity contribution is 0.0902. The first-order valence-electron chi connectivity index (χ1n) is 7.27. The number of methoxy groups -OCH3 is 2. The number of hydrogen-bond donors (Lipinski definition) is 1. The maximum Gasteiger partial charge on any atom is 0.179 e. The normalized spacial score (nSPS) is 19.3. The monoisotopic (exact) mass is 293 g/mol. The van der Waals surface area contributed by atoms with E-state index in [4.69, 9.17) is 14.2 Å². The predicted octanol–water partition coefficient (Wildman–Crippen LogP) is 2.04. The zero-order valence-corrected chi connectivity index (χ0v) is 12.8. The van der Waals surface area contributed by atoms with E-state index in [1.165, 1.54) is 0 Å². The summed E-state index contributed by atoms with van der Waals surface area (Å²) in [4.78, 5) is 12.4. The van der Waals surface area contributed by atoms with Crippen molar-refractivity contribution in [2.75, 3.05) is 27.4 Å². The van der Waals surface area contributed by atoms with Gasteiger partial charge in [-0.3, -0.25) is 4.79 Å². The summed E-state index contributed by atoms with van der Waals surface area (Å²) in [7, 11) is 3.14. The summed E-state index contributed by atoms with van der Waals surface area (Å²) in [5.74, 6) is 1.22. The zero-order valence-electron chi connectivity index (χ0n) is 12.8. The molecule has 1 aliphatic heterocycles. The van der Waals surface area contributed by atoms with E-state index in [9.17, 15) is 4.79 Å². The largest absolute Gasteiger partial charge is 0.493 e. The Bertz CT molecular complexity index is 483. The Labute approximate surface area is 125 Å². The van der Waals surface area contributed by atoms with Crippen molar-refractivity contribution >= 4 is 5.78 Å². The second-order valence-electron chi connectivity index (χ2n) is 5.20. The van der Waals surface area contributed by atoms with Gasteiger partial charge in [0.05, 0.1) is 26.4 Å². The molecule has 1 aliphatic rings. The average Bonchev–Trinajstić information content (AvgIpc) is 3.04. The second-order valence-corrected chi connectivity index (χ2v) is 5.20. The molecule has 2 unspecified atom stereocenters. The average molecular weight is 293 g/mol. The molecule has 0 amide bonds. The third-order valence-electron chi connectivity index (χ3n) is 3.74. The maximum absolute atomic E-state index is 12.4. The minimum Gasteiger partial charge on any atom is -0.493 e. The van der Waals surface area contributed by atoms with Gasteiger partial charge in [-0.15, -0.1) is 0 Å². The van der Waals surface area contributed by atoms with Gasteiger partial charge >= 0.3 is 0 Å². The third kappa shape index (κ3) is 3.95. The van der Waals surface area contributed by atoms with Gasteiger partial charge in [0, 0.05) is 18.7 Å². The highest BCUT2D eigenvalue weighted by atomic mass is 16.5. The van der Waals surface area contributed by atoms with E-state index in [0.29, 0.717) is 23.6 Å². The first-order valence-corrected chi connectivity index (χ1v) is 7.27. The van der Waals surface area contributed by atoms with E-state index in [1.807, 2.05) is 6.92 Å². The van der Waals surface area contributed by atoms with E-state index in [-0.39, 0.29) is 17.9 Å². The maximum atomic E-state index is 12.4. The summed E-state index contributed by atoms with van der Waals surface area (Å²) in [5, 5.41) is 3.24. The molecule has 1 N–H and O–H groups in total. The molecule has 0 aliphatic carbocycles. The van der Waals surface area contributed by atoms with Gasteiger partial charge in [-0.25, -0.2) is 0 Å². The zero-order chi connectivity index (χ0) is 15.2. The fourth-order valence-corrected chi connectivity index (χ4v) is 2.45. The van der Waals surface area contributed by atoms with Gasteiger partial charge in [0.1, 0.15) is 0 Å². The molecular weight excluding hydrogens is 270 g/mol. The number of ether oxygens (including phenoxy) is 3. The number of rotatable bonds is 7. The van der Waals surface area contributed by atoms with Crippen LogP contribution in [0.2, 0.25) is 0 Å². The number of carbonyl (C=O) groups excluding carboxylic acids is 1. The lowest BCUT2D eigenvalue weighted by Gasteiger charge is -2.17. The van der Waals surface area contributed by atoms with Gasteiger partial charge in [0.15, 0.2) is 17.3 Å². The molecule has 0 aromatic heterocycles. The van der Waals surface area contributed by atoms with Crippen molar-refractivity contribution in [3.63, 3.8) is 0 Å². The molecule has 21 heavy (non-hydrogen) atoms. The molecular formula is C16H23NO4. The summed E-state index contributed by atoms with van der Waals surface area (Å²) < 4.78 is 16.0. The van der Waals surface area contributed by atoms with Crippen molar-refractivity contribution in [1.29, 1.82) is 0 Å². The van der Waals surface area contributed by atoms with Gasteiger partial charge in [0.2, 0.25) is 0 Å². The molecule has 5 heteroatoms. The molecule has 2 rings (SSSR count). The fraction of sp³-hybridized carbons (Fsp3) is 0.562. The standard InChI is InChI=1S/C16H23NO4/c1-11(17-10-13-5-4-8-21-13)16(18)12-6-7-14(19-2)15(9-12)20-3/h6-7,9,11,13,17H,4-5,8,10H2,1-3H3. The topological polar surface area (TPSA) is 56.8 Å². The molecule has 0 bridgehead atoms. The molecule has 2 atom stereocenters. The first-order chi connectivity index (χ1) is 10.2. The van der Waals surface area contributed by atoms with Crippen molar-refractivity contribution in [2.45, 2.75) is 31.9 Å². The molecule has 1 aromatic rings. The minimum atomic E-state index is -0.257. The first kappa shape index (κ1) is 15.8. The number of ketones is 1. The Morgan fingerprint density at radius 1 is 1.38 bits per heavy atom.